The summed E-state index contributed by atoms with van der Waals surface area (Å²) < 4.78 is 5.06. The number of benzene rings is 1. The molecule has 1 aliphatic carbocycles. The van der Waals surface area contributed by atoms with Crippen LogP contribution >= 0.6 is 0 Å². The van der Waals surface area contributed by atoms with Gasteiger partial charge in [0.15, 0.2) is 0 Å². The molecule has 1 amide bonds. The van der Waals surface area contributed by atoms with E-state index in [1.165, 1.54) is 0 Å². The quantitative estimate of drug-likeness (QED) is 0.865. The minimum atomic E-state index is -1.07. The van der Waals surface area contributed by atoms with Crippen LogP contribution in [0.25, 0.3) is 0 Å². The molecule has 1 saturated carbocycles. The van der Waals surface area contributed by atoms with Crippen LogP contribution in [0.15, 0.2) is 24.3 Å². The van der Waals surface area contributed by atoms with Crippen molar-refractivity contribution in [1.82, 2.24) is 0 Å². The van der Waals surface area contributed by atoms with Crippen LogP contribution < -0.4 is 15.2 Å². The zero-order valence-corrected chi connectivity index (χ0v) is 12.2. The van der Waals surface area contributed by atoms with Gasteiger partial charge in [0.25, 0.3) is 0 Å². The molecule has 0 aliphatic heterocycles. The van der Waals surface area contributed by atoms with E-state index in [4.69, 9.17) is 4.74 Å². The second kappa shape index (κ2) is 6.61. The maximum absolute atomic E-state index is 12.2. The standard InChI is InChI=1S/C16H21NO4/c1-21-13-6-4-12(5-7-13)17-14(18)10-16(11-15(19)20)8-2-3-9-16/h4-7H,2-3,8-11H2,1H3,(H,17,18)(H,19,20)/p-1. The van der Waals surface area contributed by atoms with Gasteiger partial charge in [0, 0.05) is 18.1 Å². The van der Waals surface area contributed by atoms with Gasteiger partial charge in [0.1, 0.15) is 5.75 Å². The number of carboxylic acids is 1. The minimum absolute atomic E-state index is 0.0387. The third-order valence-electron chi connectivity index (χ3n) is 4.09. The number of nitrogens with one attached hydrogen (secondary N) is 1. The van der Waals surface area contributed by atoms with Crippen LogP contribution in [0.1, 0.15) is 38.5 Å². The Morgan fingerprint density at radius 2 is 1.81 bits per heavy atom. The van der Waals surface area contributed by atoms with Crippen molar-refractivity contribution in [2.75, 3.05) is 12.4 Å². The Balaban J connectivity index is 1.97. The minimum Gasteiger partial charge on any atom is -0.550 e. The van der Waals surface area contributed by atoms with E-state index in [2.05, 4.69) is 5.32 Å². The first-order valence-corrected chi connectivity index (χ1v) is 7.17. The zero-order valence-electron chi connectivity index (χ0n) is 12.2. The smallest absolute Gasteiger partial charge is 0.224 e. The van der Waals surface area contributed by atoms with E-state index in [0.717, 1.165) is 31.4 Å². The van der Waals surface area contributed by atoms with Gasteiger partial charge in [-0.3, -0.25) is 4.79 Å². The largest absolute Gasteiger partial charge is 0.550 e. The lowest BCUT2D eigenvalue weighted by Crippen LogP contribution is -2.33. The van der Waals surface area contributed by atoms with E-state index < -0.39 is 11.4 Å². The van der Waals surface area contributed by atoms with Gasteiger partial charge in [-0.1, -0.05) is 12.8 Å². The highest BCUT2D eigenvalue weighted by atomic mass is 16.5. The number of carbonyl (C=O) groups excluding carboxylic acids is 2. The average molecular weight is 290 g/mol. The number of hydrogen-bond donors (Lipinski definition) is 1. The highest BCUT2D eigenvalue weighted by Gasteiger charge is 2.35. The summed E-state index contributed by atoms with van der Waals surface area (Å²) in [5.74, 6) is -0.505. The molecular formula is C16H20NO4-. The Morgan fingerprint density at radius 1 is 1.19 bits per heavy atom. The van der Waals surface area contributed by atoms with Gasteiger partial charge in [-0.05, 0) is 48.9 Å². The lowest BCUT2D eigenvalue weighted by molar-refractivity contribution is -0.308. The van der Waals surface area contributed by atoms with E-state index in [-0.39, 0.29) is 18.7 Å². The van der Waals surface area contributed by atoms with Crippen molar-refractivity contribution < 1.29 is 19.4 Å². The van der Waals surface area contributed by atoms with E-state index in [1.807, 2.05) is 0 Å². The maximum Gasteiger partial charge on any atom is 0.224 e. The third kappa shape index (κ3) is 4.21. The number of rotatable bonds is 6. The Bertz CT molecular complexity index is 504. The molecule has 1 aromatic carbocycles. The van der Waals surface area contributed by atoms with Crippen molar-refractivity contribution in [1.29, 1.82) is 0 Å². The van der Waals surface area contributed by atoms with Crippen LogP contribution in [0, 0.1) is 5.41 Å². The summed E-state index contributed by atoms with van der Waals surface area (Å²) in [6.07, 6.45) is 3.69. The van der Waals surface area contributed by atoms with Crippen molar-refractivity contribution in [3.05, 3.63) is 24.3 Å². The SMILES string of the molecule is COc1ccc(NC(=O)CC2(CC(=O)[O-])CCCC2)cc1. The summed E-state index contributed by atoms with van der Waals surface area (Å²) in [5.41, 5.74) is 0.248. The van der Waals surface area contributed by atoms with Crippen molar-refractivity contribution in [2.24, 2.45) is 5.41 Å². The fraction of sp³-hybridized carbons (Fsp3) is 0.500. The molecule has 0 bridgehead atoms. The van der Waals surface area contributed by atoms with E-state index in [1.54, 1.807) is 31.4 Å². The fourth-order valence-electron chi connectivity index (χ4n) is 3.07. The van der Waals surface area contributed by atoms with E-state index >= 15 is 0 Å². The lowest BCUT2D eigenvalue weighted by Gasteiger charge is -2.28. The van der Waals surface area contributed by atoms with Gasteiger partial charge in [-0.2, -0.15) is 0 Å². The van der Waals surface area contributed by atoms with Gasteiger partial charge in [0.05, 0.1) is 7.11 Å². The Hall–Kier alpha value is -2.04. The number of methoxy groups -OCH3 is 1. The summed E-state index contributed by atoms with van der Waals surface area (Å²) in [7, 11) is 1.58. The molecule has 1 aromatic rings. The fourth-order valence-corrected chi connectivity index (χ4v) is 3.07. The van der Waals surface area contributed by atoms with Crippen LogP contribution in [0.2, 0.25) is 0 Å². The van der Waals surface area contributed by atoms with Gasteiger partial charge >= 0.3 is 0 Å². The number of carbonyl (C=O) groups is 2. The Labute approximate surface area is 124 Å². The molecule has 0 saturated heterocycles. The van der Waals surface area contributed by atoms with E-state index in [0.29, 0.717) is 5.69 Å². The van der Waals surface area contributed by atoms with Crippen LogP contribution in [0.5, 0.6) is 5.75 Å². The molecule has 5 heteroatoms. The van der Waals surface area contributed by atoms with E-state index in [9.17, 15) is 14.7 Å². The van der Waals surface area contributed by atoms with Crippen LogP contribution in [0.4, 0.5) is 5.69 Å². The molecule has 1 fully saturated rings. The van der Waals surface area contributed by atoms with Crippen LogP contribution in [0.3, 0.4) is 0 Å². The van der Waals surface area contributed by atoms with Crippen molar-refractivity contribution in [3.63, 3.8) is 0 Å². The number of carboxylic acid groups (broad SMARTS) is 1. The third-order valence-corrected chi connectivity index (χ3v) is 4.09. The van der Waals surface area contributed by atoms with Gasteiger partial charge in [-0.15, -0.1) is 0 Å². The molecule has 1 aliphatic rings. The van der Waals surface area contributed by atoms with Crippen molar-refractivity contribution in [2.45, 2.75) is 38.5 Å². The summed E-state index contributed by atoms with van der Waals surface area (Å²) >= 11 is 0. The molecule has 2 rings (SSSR count). The normalized spacial score (nSPS) is 16.4. The Kier molecular flexibility index (Phi) is 4.83. The highest BCUT2D eigenvalue weighted by molar-refractivity contribution is 5.91. The second-order valence-corrected chi connectivity index (χ2v) is 5.71. The molecule has 0 atom stereocenters. The predicted octanol–water partition coefficient (Wildman–Crippen LogP) is 1.72. The average Bonchev–Trinajstić information content (AvgIpc) is 2.86. The molecule has 114 valence electrons. The molecule has 0 radical (unpaired) electrons. The number of aliphatic carboxylic acids is 1. The Morgan fingerprint density at radius 3 is 2.33 bits per heavy atom. The molecule has 0 aromatic heterocycles. The predicted molar refractivity (Wildman–Crippen MR) is 76.8 cm³/mol. The maximum atomic E-state index is 12.2. The zero-order chi connectivity index (χ0) is 15.3. The molecule has 0 unspecified atom stereocenters. The number of hydrogen-bond acceptors (Lipinski definition) is 4. The van der Waals surface area contributed by atoms with Gasteiger partial charge < -0.3 is 20.0 Å². The lowest BCUT2D eigenvalue weighted by atomic mass is 9.79. The molecule has 5 nitrogen and oxygen atoms in total. The highest BCUT2D eigenvalue weighted by Crippen LogP contribution is 2.44. The molecular weight excluding hydrogens is 270 g/mol. The number of amides is 1. The summed E-state index contributed by atoms with van der Waals surface area (Å²) in [4.78, 5) is 23.1. The molecule has 1 N–H and O–H groups in total. The molecule has 0 heterocycles. The van der Waals surface area contributed by atoms with Gasteiger partial charge in [0.2, 0.25) is 5.91 Å². The summed E-state index contributed by atoms with van der Waals surface area (Å²) in [6.45, 7) is 0. The second-order valence-electron chi connectivity index (χ2n) is 5.71. The number of ether oxygens (including phenoxy) is 1. The molecule has 0 spiro atoms. The topological polar surface area (TPSA) is 78.5 Å². The molecule has 21 heavy (non-hydrogen) atoms. The first-order valence-electron chi connectivity index (χ1n) is 7.17. The van der Waals surface area contributed by atoms with Crippen molar-refractivity contribution >= 4 is 17.6 Å². The summed E-state index contributed by atoms with van der Waals surface area (Å²) in [5, 5.41) is 13.7. The van der Waals surface area contributed by atoms with Crippen LogP contribution in [-0.2, 0) is 9.59 Å². The first-order chi connectivity index (χ1) is 10.0. The van der Waals surface area contributed by atoms with Crippen molar-refractivity contribution in [3.8, 4) is 5.75 Å². The van der Waals surface area contributed by atoms with Gasteiger partial charge in [-0.25, -0.2) is 0 Å². The number of anilines is 1. The monoisotopic (exact) mass is 290 g/mol. The summed E-state index contributed by atoms with van der Waals surface area (Å²) in [6, 6.07) is 7.05. The van der Waals surface area contributed by atoms with Crippen LogP contribution in [-0.4, -0.2) is 19.0 Å². The first kappa shape index (κ1) is 15.4.